The van der Waals surface area contributed by atoms with Crippen LogP contribution in [0, 0.1) is 0 Å². The van der Waals surface area contributed by atoms with Gasteiger partial charge in [-0.15, -0.1) is 0 Å². The molecule has 0 aromatic carbocycles. The van der Waals surface area contributed by atoms with Gasteiger partial charge < -0.3 is 15.2 Å². The summed E-state index contributed by atoms with van der Waals surface area (Å²) in [4.78, 5) is 19.0. The Hall–Kier alpha value is -1.85. The van der Waals surface area contributed by atoms with Crippen LogP contribution in [0.5, 0.6) is 5.88 Å². The second-order valence-corrected chi connectivity index (χ2v) is 3.28. The van der Waals surface area contributed by atoms with Crippen LogP contribution in [0.2, 0.25) is 0 Å². The van der Waals surface area contributed by atoms with Crippen LogP contribution < -0.4 is 10.5 Å². The van der Waals surface area contributed by atoms with E-state index in [0.717, 1.165) is 6.42 Å². The molecule has 0 bridgehead atoms. The van der Waals surface area contributed by atoms with E-state index < -0.39 is 5.97 Å². The predicted molar refractivity (Wildman–Crippen MR) is 58.2 cm³/mol. The van der Waals surface area contributed by atoms with Gasteiger partial charge in [0, 0.05) is 0 Å². The van der Waals surface area contributed by atoms with Crippen LogP contribution in [0.1, 0.15) is 30.6 Å². The fourth-order valence-electron chi connectivity index (χ4n) is 0.993. The zero-order valence-corrected chi connectivity index (χ0v) is 9.56. The summed E-state index contributed by atoms with van der Waals surface area (Å²) in [6, 6.07) is 0. The fourth-order valence-corrected chi connectivity index (χ4v) is 0.993. The van der Waals surface area contributed by atoms with E-state index in [1.165, 1.54) is 13.3 Å². The Kier molecular flexibility index (Phi) is 4.04. The Labute approximate surface area is 93.8 Å². The number of anilines is 1. The molecule has 0 aliphatic rings. The lowest BCUT2D eigenvalue weighted by Crippen LogP contribution is -2.16. The first-order valence-electron chi connectivity index (χ1n) is 4.96. The maximum Gasteiger partial charge on any atom is 0.344 e. The maximum absolute atomic E-state index is 11.4. The number of rotatable bonds is 4. The van der Waals surface area contributed by atoms with Crippen LogP contribution in [-0.2, 0) is 4.74 Å². The van der Waals surface area contributed by atoms with Crippen molar-refractivity contribution in [3.63, 3.8) is 0 Å². The Balaban J connectivity index is 3.03. The lowest BCUT2D eigenvalue weighted by molar-refractivity contribution is 0.0591. The van der Waals surface area contributed by atoms with Crippen molar-refractivity contribution < 1.29 is 14.3 Å². The number of nitrogen functional groups attached to an aromatic ring is 1. The van der Waals surface area contributed by atoms with Gasteiger partial charge in [0.1, 0.15) is 5.56 Å². The van der Waals surface area contributed by atoms with Gasteiger partial charge in [-0.05, 0) is 13.3 Å². The molecule has 6 heteroatoms. The lowest BCUT2D eigenvalue weighted by Gasteiger charge is -2.13. The minimum atomic E-state index is -0.543. The number of carbonyl (C=O) groups excluding carboxylic acids is 1. The molecule has 0 fully saturated rings. The van der Waals surface area contributed by atoms with Crippen molar-refractivity contribution in [1.82, 2.24) is 9.97 Å². The van der Waals surface area contributed by atoms with E-state index >= 15 is 0 Å². The summed E-state index contributed by atoms with van der Waals surface area (Å²) in [7, 11) is 1.28. The Morgan fingerprint density at radius 2 is 2.31 bits per heavy atom. The molecule has 0 unspecified atom stereocenters. The zero-order chi connectivity index (χ0) is 12.1. The number of esters is 1. The number of methoxy groups -OCH3 is 1. The molecule has 1 aromatic heterocycles. The summed E-state index contributed by atoms with van der Waals surface area (Å²) in [5, 5.41) is 0. The highest BCUT2D eigenvalue weighted by molar-refractivity contribution is 5.91. The van der Waals surface area contributed by atoms with Crippen molar-refractivity contribution in [3.05, 3.63) is 11.8 Å². The number of aromatic nitrogens is 2. The van der Waals surface area contributed by atoms with Crippen LogP contribution in [0.15, 0.2) is 6.20 Å². The van der Waals surface area contributed by atoms with Gasteiger partial charge in [-0.25, -0.2) is 9.78 Å². The van der Waals surface area contributed by atoms with E-state index in [2.05, 4.69) is 14.7 Å². The third kappa shape index (κ3) is 2.82. The topological polar surface area (TPSA) is 87.3 Å². The van der Waals surface area contributed by atoms with Crippen molar-refractivity contribution >= 4 is 11.9 Å². The number of nitrogens with two attached hydrogens (primary N) is 1. The second-order valence-electron chi connectivity index (χ2n) is 3.28. The number of nitrogens with zero attached hydrogens (tertiary/aromatic N) is 2. The molecule has 1 heterocycles. The first-order valence-corrected chi connectivity index (χ1v) is 4.96. The largest absolute Gasteiger partial charge is 0.474 e. The minimum absolute atomic E-state index is 0.0577. The van der Waals surface area contributed by atoms with Crippen LogP contribution in [0.25, 0.3) is 0 Å². The highest BCUT2D eigenvalue weighted by atomic mass is 16.5. The van der Waals surface area contributed by atoms with Crippen LogP contribution in [0.3, 0.4) is 0 Å². The molecule has 0 saturated carbocycles. The number of hydrogen-bond donors (Lipinski definition) is 1. The third-order valence-corrected chi connectivity index (χ3v) is 2.07. The number of carbonyl (C=O) groups is 1. The molecule has 88 valence electrons. The van der Waals surface area contributed by atoms with E-state index in [1.807, 2.05) is 13.8 Å². The molecular formula is C10H15N3O3. The molecule has 2 N–H and O–H groups in total. The summed E-state index contributed by atoms with van der Waals surface area (Å²) >= 11 is 0. The molecule has 6 nitrogen and oxygen atoms in total. The average molecular weight is 225 g/mol. The standard InChI is InChI=1S/C10H15N3O3/c1-4-6(2)16-8-7(9(14)15-3)5-12-10(11)13-8/h5-6H,4H2,1-3H3,(H2,11,12,13)/t6-/m1/s1. The highest BCUT2D eigenvalue weighted by Gasteiger charge is 2.17. The van der Waals surface area contributed by atoms with Gasteiger partial charge in [0.05, 0.1) is 19.4 Å². The Morgan fingerprint density at radius 1 is 1.62 bits per heavy atom. The monoisotopic (exact) mass is 225 g/mol. The van der Waals surface area contributed by atoms with Crippen molar-refractivity contribution in [2.24, 2.45) is 0 Å². The molecule has 0 spiro atoms. The number of hydrogen-bond acceptors (Lipinski definition) is 6. The van der Waals surface area contributed by atoms with Gasteiger partial charge in [0.15, 0.2) is 0 Å². The van der Waals surface area contributed by atoms with Gasteiger partial charge >= 0.3 is 5.97 Å². The molecule has 1 atom stereocenters. The van der Waals surface area contributed by atoms with E-state index in [0.29, 0.717) is 0 Å². The zero-order valence-electron chi connectivity index (χ0n) is 9.56. The second kappa shape index (κ2) is 5.29. The van der Waals surface area contributed by atoms with Gasteiger partial charge in [0.2, 0.25) is 11.8 Å². The van der Waals surface area contributed by atoms with Crippen molar-refractivity contribution in [2.45, 2.75) is 26.4 Å². The van der Waals surface area contributed by atoms with E-state index in [-0.39, 0.29) is 23.5 Å². The summed E-state index contributed by atoms with van der Waals surface area (Å²) in [6.45, 7) is 3.84. The normalized spacial score (nSPS) is 11.9. The molecule has 1 rings (SSSR count). The molecule has 0 aliphatic heterocycles. The van der Waals surface area contributed by atoms with Gasteiger partial charge in [-0.2, -0.15) is 4.98 Å². The molecule has 0 aliphatic carbocycles. The Bertz CT molecular complexity index is 382. The summed E-state index contributed by atoms with van der Waals surface area (Å²) in [6.07, 6.45) is 2.04. The molecule has 0 amide bonds. The first kappa shape index (κ1) is 12.2. The quantitative estimate of drug-likeness (QED) is 0.770. The number of ether oxygens (including phenoxy) is 2. The van der Waals surface area contributed by atoms with Crippen molar-refractivity contribution in [3.8, 4) is 5.88 Å². The van der Waals surface area contributed by atoms with E-state index in [1.54, 1.807) is 0 Å². The van der Waals surface area contributed by atoms with Crippen LogP contribution >= 0.6 is 0 Å². The average Bonchev–Trinajstić information content (AvgIpc) is 2.28. The smallest absolute Gasteiger partial charge is 0.344 e. The highest BCUT2D eigenvalue weighted by Crippen LogP contribution is 2.18. The maximum atomic E-state index is 11.4. The molecule has 1 aromatic rings. The SMILES string of the molecule is CC[C@@H](C)Oc1nc(N)ncc1C(=O)OC. The fraction of sp³-hybridized carbons (Fsp3) is 0.500. The van der Waals surface area contributed by atoms with Crippen LogP contribution in [-0.4, -0.2) is 29.2 Å². The van der Waals surface area contributed by atoms with Crippen molar-refractivity contribution in [1.29, 1.82) is 0 Å². The van der Waals surface area contributed by atoms with Gasteiger partial charge in [0.25, 0.3) is 0 Å². The van der Waals surface area contributed by atoms with Crippen LogP contribution in [0.4, 0.5) is 5.95 Å². The summed E-state index contributed by atoms with van der Waals surface area (Å²) in [5.74, 6) is -0.321. The first-order chi connectivity index (χ1) is 7.58. The summed E-state index contributed by atoms with van der Waals surface area (Å²) < 4.78 is 10.1. The third-order valence-electron chi connectivity index (χ3n) is 2.07. The molecule has 0 saturated heterocycles. The molecular weight excluding hydrogens is 210 g/mol. The molecule has 16 heavy (non-hydrogen) atoms. The van der Waals surface area contributed by atoms with Gasteiger partial charge in [-0.1, -0.05) is 6.92 Å². The Morgan fingerprint density at radius 3 is 2.88 bits per heavy atom. The minimum Gasteiger partial charge on any atom is -0.474 e. The lowest BCUT2D eigenvalue weighted by atomic mass is 10.3. The predicted octanol–water partition coefficient (Wildman–Crippen LogP) is 1.02. The molecule has 0 radical (unpaired) electrons. The van der Waals surface area contributed by atoms with Crippen molar-refractivity contribution in [2.75, 3.05) is 12.8 Å². The van der Waals surface area contributed by atoms with E-state index in [4.69, 9.17) is 10.5 Å². The summed E-state index contributed by atoms with van der Waals surface area (Å²) in [5.41, 5.74) is 5.61. The van der Waals surface area contributed by atoms with E-state index in [9.17, 15) is 4.79 Å². The van der Waals surface area contributed by atoms with Gasteiger partial charge in [-0.3, -0.25) is 0 Å².